The number of rotatable bonds is 7. The zero-order chi connectivity index (χ0) is 19.4. The highest BCUT2D eigenvalue weighted by atomic mass is 19.1. The fourth-order valence-corrected chi connectivity index (χ4v) is 2.70. The van der Waals surface area contributed by atoms with Crippen LogP contribution in [0.1, 0.15) is 16.1 Å². The van der Waals surface area contributed by atoms with E-state index in [0.717, 1.165) is 12.1 Å². The van der Waals surface area contributed by atoms with E-state index in [4.69, 9.17) is 14.2 Å². The van der Waals surface area contributed by atoms with Crippen molar-refractivity contribution in [3.8, 4) is 5.75 Å². The van der Waals surface area contributed by atoms with E-state index in [1.165, 1.54) is 18.9 Å². The van der Waals surface area contributed by atoms with Crippen molar-refractivity contribution in [2.75, 3.05) is 27.4 Å². The number of ether oxygens (including phenoxy) is 3. The van der Waals surface area contributed by atoms with Gasteiger partial charge in [-0.25, -0.2) is 13.6 Å². The van der Waals surface area contributed by atoms with E-state index in [1.807, 2.05) is 0 Å². The Morgan fingerprint density at radius 3 is 2.48 bits per heavy atom. The first-order valence-electron chi connectivity index (χ1n) is 8.18. The monoisotopic (exact) mass is 376 g/mol. The average molecular weight is 376 g/mol. The Balaban J connectivity index is 1.95. The number of esters is 1. The van der Waals surface area contributed by atoms with Gasteiger partial charge in [0, 0.05) is 30.2 Å². The van der Waals surface area contributed by atoms with Gasteiger partial charge in [0.1, 0.15) is 24.0 Å². The molecule has 142 valence electrons. The van der Waals surface area contributed by atoms with Crippen LogP contribution in [0.15, 0.2) is 36.4 Å². The summed E-state index contributed by atoms with van der Waals surface area (Å²) in [6, 6.07) is 9.13. The van der Waals surface area contributed by atoms with Crippen LogP contribution in [0.2, 0.25) is 0 Å². The van der Waals surface area contributed by atoms with E-state index in [1.54, 1.807) is 24.3 Å². The molecule has 0 amide bonds. The van der Waals surface area contributed by atoms with Gasteiger partial charge in [0.2, 0.25) is 0 Å². The molecule has 0 saturated heterocycles. The number of methoxy groups -OCH3 is 2. The fourth-order valence-electron chi connectivity index (χ4n) is 2.70. The third-order valence-corrected chi connectivity index (χ3v) is 4.02. The normalized spacial score (nSPS) is 11.0. The Labute approximate surface area is 154 Å². The zero-order valence-electron chi connectivity index (χ0n) is 14.9. The van der Waals surface area contributed by atoms with E-state index in [2.05, 4.69) is 5.10 Å². The SMILES string of the molecule is COCCOc1cc(F)c(Cn2nc(C(=O)OC)c3ccccc32)c(F)c1. The summed E-state index contributed by atoms with van der Waals surface area (Å²) in [5.74, 6) is -2.07. The molecule has 0 atom stereocenters. The van der Waals surface area contributed by atoms with Gasteiger partial charge >= 0.3 is 5.97 Å². The number of carbonyl (C=O) groups excluding carboxylic acids is 1. The maximum Gasteiger partial charge on any atom is 0.359 e. The highest BCUT2D eigenvalue weighted by Gasteiger charge is 2.20. The van der Waals surface area contributed by atoms with Gasteiger partial charge < -0.3 is 14.2 Å². The number of fused-ring (bicyclic) bond motifs is 1. The summed E-state index contributed by atoms with van der Waals surface area (Å²) in [5, 5.41) is 4.73. The van der Waals surface area contributed by atoms with Gasteiger partial charge in [0.25, 0.3) is 0 Å². The predicted molar refractivity (Wildman–Crippen MR) is 93.9 cm³/mol. The van der Waals surface area contributed by atoms with Gasteiger partial charge in [-0.1, -0.05) is 18.2 Å². The van der Waals surface area contributed by atoms with E-state index in [0.29, 0.717) is 17.5 Å². The van der Waals surface area contributed by atoms with Crippen LogP contribution in [0.4, 0.5) is 8.78 Å². The lowest BCUT2D eigenvalue weighted by Crippen LogP contribution is -2.10. The lowest BCUT2D eigenvalue weighted by atomic mass is 10.1. The number of halogens is 2. The number of nitrogens with zero attached hydrogens (tertiary/aromatic N) is 2. The van der Waals surface area contributed by atoms with Crippen LogP contribution in [-0.2, 0) is 16.0 Å². The van der Waals surface area contributed by atoms with Crippen molar-refractivity contribution in [2.45, 2.75) is 6.54 Å². The van der Waals surface area contributed by atoms with Gasteiger partial charge in [-0.05, 0) is 6.07 Å². The van der Waals surface area contributed by atoms with Crippen LogP contribution in [0.3, 0.4) is 0 Å². The lowest BCUT2D eigenvalue weighted by Gasteiger charge is -2.10. The maximum atomic E-state index is 14.5. The van der Waals surface area contributed by atoms with Gasteiger partial charge in [0.15, 0.2) is 5.69 Å². The van der Waals surface area contributed by atoms with Crippen LogP contribution in [-0.4, -0.2) is 43.2 Å². The lowest BCUT2D eigenvalue weighted by molar-refractivity contribution is 0.0595. The number of hydrogen-bond acceptors (Lipinski definition) is 5. The van der Waals surface area contributed by atoms with E-state index in [-0.39, 0.29) is 30.2 Å². The smallest absolute Gasteiger partial charge is 0.359 e. The van der Waals surface area contributed by atoms with E-state index in [9.17, 15) is 13.6 Å². The molecule has 0 aliphatic carbocycles. The average Bonchev–Trinajstić information content (AvgIpc) is 3.03. The molecule has 27 heavy (non-hydrogen) atoms. The molecule has 0 aliphatic rings. The highest BCUT2D eigenvalue weighted by Crippen LogP contribution is 2.24. The molecular weight excluding hydrogens is 358 g/mol. The number of hydrogen-bond donors (Lipinski definition) is 0. The first kappa shape index (κ1) is 18.8. The minimum absolute atomic E-state index is 0.0753. The molecule has 0 unspecified atom stereocenters. The molecule has 0 fully saturated rings. The van der Waals surface area contributed by atoms with Crippen LogP contribution in [0, 0.1) is 11.6 Å². The largest absolute Gasteiger partial charge is 0.491 e. The molecule has 0 aliphatic heterocycles. The number of carbonyl (C=O) groups is 1. The standard InChI is InChI=1S/C19H18F2N2O4/c1-25-7-8-27-12-9-15(20)14(16(21)10-12)11-23-17-6-4-3-5-13(17)18(22-23)19(24)26-2/h3-6,9-10H,7-8,11H2,1-2H3. The molecule has 0 radical (unpaired) electrons. The summed E-state index contributed by atoms with van der Waals surface area (Å²) < 4.78 is 45.1. The van der Waals surface area contributed by atoms with Crippen LogP contribution < -0.4 is 4.74 Å². The second kappa shape index (κ2) is 8.13. The van der Waals surface area contributed by atoms with Gasteiger partial charge in [-0.2, -0.15) is 5.10 Å². The van der Waals surface area contributed by atoms with Crippen LogP contribution in [0.5, 0.6) is 5.75 Å². The molecule has 2 aromatic carbocycles. The van der Waals surface area contributed by atoms with Gasteiger partial charge in [0.05, 0.1) is 25.8 Å². The van der Waals surface area contributed by atoms with Gasteiger partial charge in [-0.3, -0.25) is 4.68 Å². The maximum absolute atomic E-state index is 14.5. The third-order valence-electron chi connectivity index (χ3n) is 4.02. The minimum atomic E-state index is -0.762. The Morgan fingerprint density at radius 2 is 1.81 bits per heavy atom. The number of benzene rings is 2. The van der Waals surface area contributed by atoms with Crippen molar-refractivity contribution in [3.05, 3.63) is 59.3 Å². The quantitative estimate of drug-likeness (QED) is 0.468. The molecule has 6 nitrogen and oxygen atoms in total. The third kappa shape index (κ3) is 3.90. The summed E-state index contributed by atoms with van der Waals surface area (Å²) in [7, 11) is 2.75. The molecule has 3 aromatic rings. The molecule has 0 spiro atoms. The fraction of sp³-hybridized carbons (Fsp3) is 0.263. The molecule has 0 bridgehead atoms. The first-order chi connectivity index (χ1) is 13.0. The summed E-state index contributed by atoms with van der Waals surface area (Å²) in [4.78, 5) is 11.9. The van der Waals surface area contributed by atoms with Crippen LogP contribution >= 0.6 is 0 Å². The van der Waals surface area contributed by atoms with Crippen molar-refractivity contribution in [3.63, 3.8) is 0 Å². The van der Waals surface area contributed by atoms with Crippen molar-refractivity contribution in [2.24, 2.45) is 0 Å². The molecule has 8 heteroatoms. The van der Waals surface area contributed by atoms with Crippen molar-refractivity contribution < 1.29 is 27.8 Å². The van der Waals surface area contributed by atoms with Gasteiger partial charge in [-0.15, -0.1) is 0 Å². The molecule has 0 saturated carbocycles. The molecule has 3 rings (SSSR count). The van der Waals surface area contributed by atoms with Crippen LogP contribution in [0.25, 0.3) is 10.9 Å². The van der Waals surface area contributed by atoms with E-state index >= 15 is 0 Å². The second-order valence-corrected chi connectivity index (χ2v) is 5.72. The molecule has 0 N–H and O–H groups in total. The number of para-hydroxylation sites is 1. The molecule has 1 aromatic heterocycles. The molecule has 1 heterocycles. The van der Waals surface area contributed by atoms with E-state index < -0.39 is 17.6 Å². The summed E-state index contributed by atoms with van der Waals surface area (Å²) in [5.41, 5.74) is 0.476. The number of aromatic nitrogens is 2. The Bertz CT molecular complexity index is 948. The summed E-state index contributed by atoms with van der Waals surface area (Å²) in [6.07, 6.45) is 0. The Morgan fingerprint density at radius 1 is 1.11 bits per heavy atom. The highest BCUT2D eigenvalue weighted by molar-refractivity contribution is 6.02. The van der Waals surface area contributed by atoms with Crippen molar-refractivity contribution in [1.82, 2.24) is 9.78 Å². The second-order valence-electron chi connectivity index (χ2n) is 5.72. The minimum Gasteiger partial charge on any atom is -0.491 e. The first-order valence-corrected chi connectivity index (χ1v) is 8.18. The summed E-state index contributed by atoms with van der Waals surface area (Å²) in [6.45, 7) is 0.301. The van der Waals surface area contributed by atoms with Crippen molar-refractivity contribution >= 4 is 16.9 Å². The van der Waals surface area contributed by atoms with Crippen molar-refractivity contribution in [1.29, 1.82) is 0 Å². The summed E-state index contributed by atoms with van der Waals surface area (Å²) >= 11 is 0. The predicted octanol–water partition coefficient (Wildman–Crippen LogP) is 3.17. The Kier molecular flexibility index (Phi) is 5.66. The topological polar surface area (TPSA) is 62.6 Å². The zero-order valence-corrected chi connectivity index (χ0v) is 14.9. The molecular formula is C19H18F2N2O4. The Hall–Kier alpha value is -3.00.